The molecule has 2 unspecified atom stereocenters. The molecular formula is C9H13BrN2O2. The Bertz CT molecular complexity index is 296. The number of aliphatic hydroxyl groups is 2. The van der Waals surface area contributed by atoms with Crippen LogP contribution in [0.4, 0.5) is 5.82 Å². The zero-order valence-corrected chi connectivity index (χ0v) is 9.18. The molecule has 14 heavy (non-hydrogen) atoms. The molecule has 4 N–H and O–H groups in total. The number of aromatic nitrogens is 1. The first kappa shape index (κ1) is 11.4. The summed E-state index contributed by atoms with van der Waals surface area (Å²) in [6.07, 6.45) is -1.32. The molecule has 1 aromatic rings. The number of hydrogen-bond acceptors (Lipinski definition) is 4. The molecule has 1 rings (SSSR count). The number of nitrogens with zero attached hydrogens (tertiary/aromatic N) is 1. The summed E-state index contributed by atoms with van der Waals surface area (Å²) in [5, 5.41) is 19.8. The number of nitrogen functional groups attached to an aromatic ring is 1. The van der Waals surface area contributed by atoms with Crippen LogP contribution in [0.3, 0.4) is 0 Å². The van der Waals surface area contributed by atoms with Crippen molar-refractivity contribution in [2.24, 2.45) is 0 Å². The Morgan fingerprint density at radius 2 is 2.14 bits per heavy atom. The highest BCUT2D eigenvalue weighted by atomic mass is 79.9. The number of pyridine rings is 1. The van der Waals surface area contributed by atoms with Crippen LogP contribution in [0.2, 0.25) is 0 Å². The van der Waals surface area contributed by atoms with E-state index in [1.165, 1.54) is 0 Å². The smallest absolute Gasteiger partial charge is 0.123 e. The minimum Gasteiger partial charge on any atom is -0.390 e. The molecule has 1 heterocycles. The van der Waals surface area contributed by atoms with E-state index in [1.54, 1.807) is 18.2 Å². The average Bonchev–Trinajstić information content (AvgIpc) is 2.17. The number of nitrogens with two attached hydrogens (primary N) is 1. The SMILES string of the molecule is Nc1cccc(C(O)C(O)CCBr)n1. The predicted octanol–water partition coefficient (Wildman–Crippen LogP) is 0.843. The van der Waals surface area contributed by atoms with E-state index in [2.05, 4.69) is 20.9 Å². The fraction of sp³-hybridized carbons (Fsp3) is 0.444. The van der Waals surface area contributed by atoms with Gasteiger partial charge in [0.25, 0.3) is 0 Å². The molecule has 1 aromatic heterocycles. The van der Waals surface area contributed by atoms with E-state index in [9.17, 15) is 10.2 Å². The van der Waals surface area contributed by atoms with Gasteiger partial charge < -0.3 is 15.9 Å². The lowest BCUT2D eigenvalue weighted by atomic mass is 10.1. The molecular weight excluding hydrogens is 248 g/mol. The molecule has 0 aromatic carbocycles. The van der Waals surface area contributed by atoms with Gasteiger partial charge in [-0.2, -0.15) is 0 Å². The third-order valence-electron chi connectivity index (χ3n) is 1.86. The molecule has 5 heteroatoms. The first-order chi connectivity index (χ1) is 6.65. The van der Waals surface area contributed by atoms with Crippen LogP contribution in [0.25, 0.3) is 0 Å². The molecule has 0 saturated carbocycles. The minimum atomic E-state index is -0.976. The molecule has 0 aliphatic heterocycles. The fourth-order valence-corrected chi connectivity index (χ4v) is 1.57. The maximum Gasteiger partial charge on any atom is 0.123 e. The average molecular weight is 261 g/mol. The standard InChI is InChI=1S/C9H13BrN2O2/c10-5-4-7(13)9(14)6-2-1-3-8(11)12-6/h1-3,7,9,13-14H,4-5H2,(H2,11,12). The van der Waals surface area contributed by atoms with Crippen LogP contribution in [0.15, 0.2) is 18.2 Å². The zero-order chi connectivity index (χ0) is 10.6. The predicted molar refractivity (Wildman–Crippen MR) is 58.0 cm³/mol. The summed E-state index contributed by atoms with van der Waals surface area (Å²) in [7, 11) is 0. The lowest BCUT2D eigenvalue weighted by Crippen LogP contribution is -2.19. The van der Waals surface area contributed by atoms with Gasteiger partial charge in [0.2, 0.25) is 0 Å². The van der Waals surface area contributed by atoms with Crippen LogP contribution in [0.5, 0.6) is 0 Å². The highest BCUT2D eigenvalue weighted by Gasteiger charge is 2.18. The second-order valence-corrected chi connectivity index (χ2v) is 3.77. The minimum absolute atomic E-state index is 0.340. The highest BCUT2D eigenvalue weighted by Crippen LogP contribution is 2.18. The number of aliphatic hydroxyl groups excluding tert-OH is 2. The van der Waals surface area contributed by atoms with Gasteiger partial charge in [-0.1, -0.05) is 22.0 Å². The second kappa shape index (κ2) is 5.29. The molecule has 4 nitrogen and oxygen atoms in total. The van der Waals surface area contributed by atoms with Gasteiger partial charge in [-0.05, 0) is 18.6 Å². The third-order valence-corrected chi connectivity index (χ3v) is 2.32. The van der Waals surface area contributed by atoms with Gasteiger partial charge in [0.1, 0.15) is 11.9 Å². The van der Waals surface area contributed by atoms with E-state index in [0.717, 1.165) is 0 Å². The van der Waals surface area contributed by atoms with Gasteiger partial charge in [0.15, 0.2) is 0 Å². The number of rotatable bonds is 4. The Kier molecular flexibility index (Phi) is 4.31. The fourth-order valence-electron chi connectivity index (χ4n) is 1.10. The van der Waals surface area contributed by atoms with Crippen molar-refractivity contribution in [2.75, 3.05) is 11.1 Å². The van der Waals surface area contributed by atoms with Gasteiger partial charge >= 0.3 is 0 Å². The summed E-state index contributed by atoms with van der Waals surface area (Å²) in [5.74, 6) is 0.340. The van der Waals surface area contributed by atoms with E-state index >= 15 is 0 Å². The first-order valence-corrected chi connectivity index (χ1v) is 5.42. The number of hydrogen-bond donors (Lipinski definition) is 3. The second-order valence-electron chi connectivity index (χ2n) is 2.98. The molecule has 0 amide bonds. The van der Waals surface area contributed by atoms with Gasteiger partial charge in [0.05, 0.1) is 11.8 Å². The van der Waals surface area contributed by atoms with E-state index in [-0.39, 0.29) is 0 Å². The lowest BCUT2D eigenvalue weighted by molar-refractivity contribution is 0.0149. The van der Waals surface area contributed by atoms with Crippen molar-refractivity contribution in [3.05, 3.63) is 23.9 Å². The molecule has 0 fully saturated rings. The zero-order valence-electron chi connectivity index (χ0n) is 7.60. The Labute approximate surface area is 90.9 Å². The third kappa shape index (κ3) is 2.94. The molecule has 2 atom stereocenters. The van der Waals surface area contributed by atoms with Crippen LogP contribution in [-0.4, -0.2) is 26.6 Å². The molecule has 0 bridgehead atoms. The van der Waals surface area contributed by atoms with Crippen LogP contribution < -0.4 is 5.73 Å². The Morgan fingerprint density at radius 3 is 2.71 bits per heavy atom. The maximum absolute atomic E-state index is 9.66. The van der Waals surface area contributed by atoms with E-state index in [4.69, 9.17) is 5.73 Å². The van der Waals surface area contributed by atoms with Crippen molar-refractivity contribution in [1.82, 2.24) is 4.98 Å². The topological polar surface area (TPSA) is 79.4 Å². The van der Waals surface area contributed by atoms with E-state index in [0.29, 0.717) is 23.3 Å². The van der Waals surface area contributed by atoms with Gasteiger partial charge in [-0.3, -0.25) is 0 Å². The van der Waals surface area contributed by atoms with Crippen molar-refractivity contribution in [2.45, 2.75) is 18.6 Å². The van der Waals surface area contributed by atoms with E-state index < -0.39 is 12.2 Å². The molecule has 78 valence electrons. The van der Waals surface area contributed by atoms with Gasteiger partial charge in [-0.15, -0.1) is 0 Å². The quantitative estimate of drug-likeness (QED) is 0.702. The highest BCUT2D eigenvalue weighted by molar-refractivity contribution is 9.09. The molecule has 0 aliphatic carbocycles. The Balaban J connectivity index is 2.73. The number of anilines is 1. The molecule has 0 radical (unpaired) electrons. The van der Waals surface area contributed by atoms with Crippen LogP contribution >= 0.6 is 15.9 Å². The van der Waals surface area contributed by atoms with Gasteiger partial charge in [0, 0.05) is 5.33 Å². The van der Waals surface area contributed by atoms with Crippen molar-refractivity contribution in [3.8, 4) is 0 Å². The van der Waals surface area contributed by atoms with Crippen LogP contribution in [-0.2, 0) is 0 Å². The van der Waals surface area contributed by atoms with E-state index in [1.807, 2.05) is 0 Å². The Morgan fingerprint density at radius 1 is 1.43 bits per heavy atom. The monoisotopic (exact) mass is 260 g/mol. The van der Waals surface area contributed by atoms with Crippen LogP contribution in [0.1, 0.15) is 18.2 Å². The number of alkyl halides is 1. The Hall–Kier alpha value is -0.650. The number of halogens is 1. The summed E-state index contributed by atoms with van der Waals surface area (Å²) in [6, 6.07) is 4.97. The largest absolute Gasteiger partial charge is 0.390 e. The van der Waals surface area contributed by atoms with Crippen molar-refractivity contribution in [1.29, 1.82) is 0 Å². The summed E-state index contributed by atoms with van der Waals surface area (Å²) in [5.41, 5.74) is 5.86. The van der Waals surface area contributed by atoms with Crippen molar-refractivity contribution >= 4 is 21.7 Å². The summed E-state index contributed by atoms with van der Waals surface area (Å²) in [4.78, 5) is 3.93. The van der Waals surface area contributed by atoms with Crippen LogP contribution in [0, 0.1) is 0 Å². The first-order valence-electron chi connectivity index (χ1n) is 4.29. The summed E-state index contributed by atoms with van der Waals surface area (Å²) >= 11 is 3.19. The lowest BCUT2D eigenvalue weighted by Gasteiger charge is -2.16. The summed E-state index contributed by atoms with van der Waals surface area (Å²) < 4.78 is 0. The van der Waals surface area contributed by atoms with Crippen molar-refractivity contribution < 1.29 is 10.2 Å². The molecule has 0 spiro atoms. The van der Waals surface area contributed by atoms with Gasteiger partial charge in [-0.25, -0.2) is 4.98 Å². The molecule has 0 saturated heterocycles. The summed E-state index contributed by atoms with van der Waals surface area (Å²) in [6.45, 7) is 0. The maximum atomic E-state index is 9.66. The molecule has 0 aliphatic rings. The normalized spacial score (nSPS) is 15.1. The van der Waals surface area contributed by atoms with Crippen molar-refractivity contribution in [3.63, 3.8) is 0 Å².